The van der Waals surface area contributed by atoms with Crippen LogP contribution in [0.4, 0.5) is 0 Å². The Hall–Kier alpha value is -3.38. The van der Waals surface area contributed by atoms with E-state index in [2.05, 4.69) is 5.32 Å². The third kappa shape index (κ3) is 6.31. The van der Waals surface area contributed by atoms with Gasteiger partial charge >= 0.3 is 0 Å². The Morgan fingerprint density at radius 2 is 1.88 bits per heavy atom. The average molecular weight is 611 g/mol. The summed E-state index contributed by atoms with van der Waals surface area (Å²) in [6, 6.07) is 14.0. The van der Waals surface area contributed by atoms with Crippen molar-refractivity contribution in [1.82, 2.24) is 9.62 Å². The number of furan rings is 1. The van der Waals surface area contributed by atoms with Crippen LogP contribution < -0.4 is 10.1 Å². The van der Waals surface area contributed by atoms with Crippen LogP contribution in [0.3, 0.4) is 0 Å². The number of ether oxygens (including phenoxy) is 3. The molecule has 11 heteroatoms. The molecule has 10 nitrogen and oxygen atoms in total. The van der Waals surface area contributed by atoms with Gasteiger partial charge in [-0.3, -0.25) is 4.79 Å². The van der Waals surface area contributed by atoms with Crippen molar-refractivity contribution in [2.45, 2.75) is 55.2 Å². The zero-order valence-electron chi connectivity index (χ0n) is 24.2. The number of aliphatic hydroxyl groups is 1. The van der Waals surface area contributed by atoms with E-state index >= 15 is 0 Å². The molecule has 2 aromatic carbocycles. The molecule has 2 saturated carbocycles. The van der Waals surface area contributed by atoms with E-state index in [1.807, 2.05) is 30.3 Å². The highest BCUT2D eigenvalue weighted by atomic mass is 32.2. The number of sulfonamides is 1. The number of para-hydroxylation sites is 1. The first-order chi connectivity index (χ1) is 20.9. The zero-order chi connectivity index (χ0) is 30.0. The molecule has 0 spiro atoms. The summed E-state index contributed by atoms with van der Waals surface area (Å²) in [5.41, 5.74) is 1.69. The maximum Gasteiger partial charge on any atom is 0.286 e. The Labute approximate surface area is 251 Å². The molecule has 1 aromatic heterocycles. The number of hydrogen-bond donors (Lipinski definition) is 2. The number of nitrogens with one attached hydrogen (secondary N) is 1. The third-order valence-electron chi connectivity index (χ3n) is 8.94. The lowest BCUT2D eigenvalue weighted by atomic mass is 9.92. The van der Waals surface area contributed by atoms with Crippen molar-refractivity contribution in [1.29, 1.82) is 0 Å². The van der Waals surface area contributed by atoms with Gasteiger partial charge < -0.3 is 29.1 Å². The van der Waals surface area contributed by atoms with E-state index in [0.29, 0.717) is 24.0 Å². The first-order valence-electron chi connectivity index (χ1n) is 14.9. The number of rotatable bonds is 12. The molecule has 0 radical (unpaired) electrons. The molecule has 1 amide bonds. The van der Waals surface area contributed by atoms with Gasteiger partial charge in [-0.1, -0.05) is 24.6 Å². The number of amides is 1. The molecule has 3 aliphatic rings. The van der Waals surface area contributed by atoms with Gasteiger partial charge in [-0.2, -0.15) is 4.31 Å². The highest BCUT2D eigenvalue weighted by Crippen LogP contribution is 2.44. The van der Waals surface area contributed by atoms with Gasteiger partial charge in [0, 0.05) is 42.4 Å². The van der Waals surface area contributed by atoms with Crippen molar-refractivity contribution in [2.24, 2.45) is 11.8 Å². The number of methoxy groups -OCH3 is 1. The number of carbonyl (C=O) groups is 1. The van der Waals surface area contributed by atoms with Crippen LogP contribution >= 0.6 is 0 Å². The number of nitrogens with zero attached hydrogens (tertiary/aromatic N) is 1. The SMILES string of the molecule is COc1ccc(S(=O)(=O)N(CCO)CCOC2CC(c3coc4ccccc34)C=C(C(=O)NC3CC4CCC3C4)O2)cc1. The summed E-state index contributed by atoms with van der Waals surface area (Å²) in [6.07, 6.45) is 7.74. The molecule has 6 rings (SSSR count). The zero-order valence-corrected chi connectivity index (χ0v) is 25.0. The number of allylic oxidation sites excluding steroid dienone is 1. The quantitative estimate of drug-likeness (QED) is 0.313. The van der Waals surface area contributed by atoms with Crippen LogP contribution in [0.5, 0.6) is 5.75 Å². The van der Waals surface area contributed by atoms with Gasteiger partial charge in [-0.05, 0) is 67.5 Å². The predicted molar refractivity (Wildman–Crippen MR) is 159 cm³/mol. The van der Waals surface area contributed by atoms with Crippen LogP contribution in [0, 0.1) is 11.8 Å². The Kier molecular flexibility index (Phi) is 8.76. The van der Waals surface area contributed by atoms with Crippen LogP contribution in [0.1, 0.15) is 43.6 Å². The molecule has 2 heterocycles. The maximum atomic E-state index is 13.4. The molecule has 1 aliphatic heterocycles. The van der Waals surface area contributed by atoms with Gasteiger partial charge in [-0.15, -0.1) is 0 Å². The molecule has 230 valence electrons. The number of fused-ring (bicyclic) bond motifs is 3. The van der Waals surface area contributed by atoms with Gasteiger partial charge in [0.2, 0.25) is 16.3 Å². The lowest BCUT2D eigenvalue weighted by Crippen LogP contribution is -2.41. The number of hydrogen-bond acceptors (Lipinski definition) is 8. The normalized spacial score (nSPS) is 25.1. The molecule has 2 N–H and O–H groups in total. The van der Waals surface area contributed by atoms with E-state index in [-0.39, 0.29) is 54.8 Å². The van der Waals surface area contributed by atoms with Crippen molar-refractivity contribution in [2.75, 3.05) is 33.4 Å². The lowest BCUT2D eigenvalue weighted by molar-refractivity contribution is -0.147. The second-order valence-corrected chi connectivity index (χ2v) is 13.5. The van der Waals surface area contributed by atoms with E-state index in [1.54, 1.807) is 18.4 Å². The highest BCUT2D eigenvalue weighted by molar-refractivity contribution is 7.89. The molecule has 5 atom stereocenters. The van der Waals surface area contributed by atoms with Gasteiger partial charge in [0.05, 0.1) is 31.5 Å². The Morgan fingerprint density at radius 3 is 2.60 bits per heavy atom. The molecule has 5 unspecified atom stereocenters. The minimum absolute atomic E-state index is 0.000183. The minimum atomic E-state index is -3.89. The molecule has 0 saturated heterocycles. The van der Waals surface area contributed by atoms with Crippen molar-refractivity contribution in [3.8, 4) is 5.75 Å². The molecular formula is C32H38N2O8S. The Balaban J connectivity index is 1.17. The third-order valence-corrected chi connectivity index (χ3v) is 10.9. The van der Waals surface area contributed by atoms with E-state index in [1.165, 1.54) is 36.4 Å². The molecular weight excluding hydrogens is 572 g/mol. The molecule has 2 aliphatic carbocycles. The number of aliphatic hydroxyl groups excluding tert-OH is 1. The maximum absolute atomic E-state index is 13.4. The first kappa shape index (κ1) is 29.7. The van der Waals surface area contributed by atoms with Gasteiger partial charge in [0.25, 0.3) is 5.91 Å². The molecule has 2 fully saturated rings. The van der Waals surface area contributed by atoms with Gasteiger partial charge in [0.1, 0.15) is 11.3 Å². The predicted octanol–water partition coefficient (Wildman–Crippen LogP) is 4.16. The van der Waals surface area contributed by atoms with Crippen LogP contribution in [-0.4, -0.2) is 69.5 Å². The second-order valence-electron chi connectivity index (χ2n) is 11.5. The summed E-state index contributed by atoms with van der Waals surface area (Å²) in [4.78, 5) is 13.5. The van der Waals surface area contributed by atoms with Crippen LogP contribution in [0.15, 0.2) is 75.9 Å². The average Bonchev–Trinajstić information content (AvgIpc) is 3.77. The first-order valence-corrected chi connectivity index (χ1v) is 16.3. The van der Waals surface area contributed by atoms with Crippen molar-refractivity contribution in [3.63, 3.8) is 0 Å². The summed E-state index contributed by atoms with van der Waals surface area (Å²) < 4.78 is 50.9. The van der Waals surface area contributed by atoms with Crippen molar-refractivity contribution < 1.29 is 36.9 Å². The van der Waals surface area contributed by atoms with Crippen LogP contribution in [-0.2, 0) is 24.3 Å². The van der Waals surface area contributed by atoms with E-state index in [9.17, 15) is 18.3 Å². The number of benzene rings is 2. The fraction of sp³-hybridized carbons (Fsp3) is 0.469. The standard InChI is InChI=1S/C32H38N2O8S/c1-39-24-8-10-25(11-9-24)43(37,38)34(12-14-35)13-15-40-31-19-23(27-20-41-29-5-3-2-4-26(27)29)18-30(42-31)32(36)33-28-17-21-6-7-22(28)16-21/h2-5,8-11,18,20-23,28,31,35H,6-7,12-17,19H2,1H3,(H,33,36). The highest BCUT2D eigenvalue weighted by Gasteiger charge is 2.41. The topological polar surface area (TPSA) is 128 Å². The fourth-order valence-electron chi connectivity index (χ4n) is 6.73. The largest absolute Gasteiger partial charge is 0.497 e. The Bertz CT molecular complexity index is 1570. The van der Waals surface area contributed by atoms with Crippen LogP contribution in [0.2, 0.25) is 0 Å². The summed E-state index contributed by atoms with van der Waals surface area (Å²) in [7, 11) is -2.39. The molecule has 3 aromatic rings. The van der Waals surface area contributed by atoms with E-state index in [0.717, 1.165) is 29.4 Å². The van der Waals surface area contributed by atoms with E-state index < -0.39 is 16.3 Å². The minimum Gasteiger partial charge on any atom is -0.497 e. The molecule has 43 heavy (non-hydrogen) atoms. The van der Waals surface area contributed by atoms with Crippen molar-refractivity contribution >= 4 is 26.9 Å². The van der Waals surface area contributed by atoms with Gasteiger partial charge in [-0.25, -0.2) is 8.42 Å². The second kappa shape index (κ2) is 12.7. The van der Waals surface area contributed by atoms with Gasteiger partial charge in [0.15, 0.2) is 5.76 Å². The summed E-state index contributed by atoms with van der Waals surface area (Å²) >= 11 is 0. The number of carbonyl (C=O) groups excluding carboxylic acids is 1. The summed E-state index contributed by atoms with van der Waals surface area (Å²) in [5.74, 6) is 1.48. The van der Waals surface area contributed by atoms with Crippen LogP contribution in [0.25, 0.3) is 11.0 Å². The fourth-order valence-corrected chi connectivity index (χ4v) is 8.14. The molecule has 2 bridgehead atoms. The summed E-state index contributed by atoms with van der Waals surface area (Å²) in [5, 5.41) is 13.8. The summed E-state index contributed by atoms with van der Waals surface area (Å²) in [6.45, 7) is -0.449. The smallest absolute Gasteiger partial charge is 0.286 e. The monoisotopic (exact) mass is 610 g/mol. The van der Waals surface area contributed by atoms with Crippen molar-refractivity contribution in [3.05, 3.63) is 72.2 Å². The lowest BCUT2D eigenvalue weighted by Gasteiger charge is -2.31. The van der Waals surface area contributed by atoms with E-state index in [4.69, 9.17) is 18.6 Å². The Morgan fingerprint density at radius 1 is 1.07 bits per heavy atom.